The molecule has 6 nitrogen and oxygen atoms in total. The van der Waals surface area contributed by atoms with E-state index in [9.17, 15) is 8.42 Å². The molecule has 1 heterocycles. The van der Waals surface area contributed by atoms with Crippen LogP contribution in [0.1, 0.15) is 29.7 Å². The minimum Gasteiger partial charge on any atom is -0.497 e. The summed E-state index contributed by atoms with van der Waals surface area (Å²) in [4.78, 5) is 0. The number of aryl methyl sites for hydroxylation is 1. The van der Waals surface area contributed by atoms with Gasteiger partial charge in [-0.3, -0.25) is 0 Å². The van der Waals surface area contributed by atoms with Gasteiger partial charge in [-0.2, -0.15) is 4.72 Å². The molecule has 0 radical (unpaired) electrons. The zero-order chi connectivity index (χ0) is 20.4. The first-order chi connectivity index (χ1) is 14.0. The molecular formula is C22H26N2O4S. The molecule has 0 unspecified atom stereocenters. The third kappa shape index (κ3) is 4.26. The molecule has 3 aromatic rings. The van der Waals surface area contributed by atoms with Crippen molar-refractivity contribution in [3.63, 3.8) is 0 Å². The maximum atomic E-state index is 11.4. The predicted octanol–water partition coefficient (Wildman–Crippen LogP) is 3.46. The highest BCUT2D eigenvalue weighted by atomic mass is 32.2. The SMILES string of the molecule is COc1cc(OCNS(C)(=O)=O)c2c3c(n(Cc4ccccc4)c2c1)CCCC3. The predicted molar refractivity (Wildman–Crippen MR) is 114 cm³/mol. The fraction of sp³-hybridized carbons (Fsp3) is 0.364. The molecule has 0 fully saturated rings. The molecular weight excluding hydrogens is 388 g/mol. The average Bonchev–Trinajstić information content (AvgIpc) is 3.02. The van der Waals surface area contributed by atoms with Crippen molar-refractivity contribution in [2.24, 2.45) is 0 Å². The molecule has 0 aliphatic heterocycles. The second-order valence-corrected chi connectivity index (χ2v) is 9.26. The van der Waals surface area contributed by atoms with Crippen LogP contribution < -0.4 is 14.2 Å². The van der Waals surface area contributed by atoms with Crippen LogP contribution in [0.4, 0.5) is 0 Å². The minimum absolute atomic E-state index is 0.111. The quantitative estimate of drug-likeness (QED) is 0.601. The lowest BCUT2D eigenvalue weighted by atomic mass is 9.95. The maximum Gasteiger partial charge on any atom is 0.211 e. The number of benzene rings is 2. The summed E-state index contributed by atoms with van der Waals surface area (Å²) < 4.78 is 39.0. The lowest BCUT2D eigenvalue weighted by Gasteiger charge is -2.16. The third-order valence-corrected chi connectivity index (χ3v) is 6.02. The average molecular weight is 415 g/mol. The number of methoxy groups -OCH3 is 1. The van der Waals surface area contributed by atoms with Crippen LogP contribution >= 0.6 is 0 Å². The number of hydrogen-bond donors (Lipinski definition) is 1. The van der Waals surface area contributed by atoms with Crippen molar-refractivity contribution in [2.75, 3.05) is 20.1 Å². The summed E-state index contributed by atoms with van der Waals surface area (Å²) in [5, 5.41) is 1.06. The summed E-state index contributed by atoms with van der Waals surface area (Å²) in [6, 6.07) is 14.3. The topological polar surface area (TPSA) is 69.6 Å². The van der Waals surface area contributed by atoms with E-state index >= 15 is 0 Å². The van der Waals surface area contributed by atoms with Crippen molar-refractivity contribution >= 4 is 20.9 Å². The van der Waals surface area contributed by atoms with E-state index in [0.29, 0.717) is 11.5 Å². The van der Waals surface area contributed by atoms with E-state index in [1.54, 1.807) is 7.11 Å². The van der Waals surface area contributed by atoms with Gasteiger partial charge in [-0.15, -0.1) is 0 Å². The fourth-order valence-corrected chi connectivity index (χ4v) is 4.36. The molecule has 0 amide bonds. The Balaban J connectivity index is 1.83. The highest BCUT2D eigenvalue weighted by Crippen LogP contribution is 2.40. The van der Waals surface area contributed by atoms with Crippen molar-refractivity contribution in [3.05, 3.63) is 59.3 Å². The van der Waals surface area contributed by atoms with Gasteiger partial charge < -0.3 is 14.0 Å². The van der Waals surface area contributed by atoms with Crippen LogP contribution in [0.3, 0.4) is 0 Å². The monoisotopic (exact) mass is 414 g/mol. The Kier molecular flexibility index (Phi) is 5.52. The molecule has 0 saturated carbocycles. The summed E-state index contributed by atoms with van der Waals surface area (Å²) >= 11 is 0. The molecule has 1 aliphatic rings. The normalized spacial score (nSPS) is 14.0. The van der Waals surface area contributed by atoms with Gasteiger partial charge in [-0.25, -0.2) is 8.42 Å². The van der Waals surface area contributed by atoms with E-state index in [1.165, 1.54) is 23.2 Å². The van der Waals surface area contributed by atoms with Crippen molar-refractivity contribution in [3.8, 4) is 11.5 Å². The van der Waals surface area contributed by atoms with Gasteiger partial charge in [0.25, 0.3) is 0 Å². The largest absolute Gasteiger partial charge is 0.497 e. The van der Waals surface area contributed by atoms with Crippen LogP contribution in [0.15, 0.2) is 42.5 Å². The molecule has 2 aromatic carbocycles. The molecule has 4 rings (SSSR count). The zero-order valence-electron chi connectivity index (χ0n) is 16.8. The number of nitrogens with one attached hydrogen (secondary N) is 1. The van der Waals surface area contributed by atoms with Gasteiger partial charge in [0.1, 0.15) is 11.5 Å². The van der Waals surface area contributed by atoms with Crippen molar-refractivity contribution in [2.45, 2.75) is 32.2 Å². The Morgan fingerprint density at radius 3 is 2.59 bits per heavy atom. The molecule has 29 heavy (non-hydrogen) atoms. The summed E-state index contributed by atoms with van der Waals surface area (Å²) in [6.45, 7) is 0.667. The van der Waals surface area contributed by atoms with E-state index in [4.69, 9.17) is 9.47 Å². The Labute approximate surface area is 171 Å². The molecule has 1 N–H and O–H groups in total. The van der Waals surface area contributed by atoms with E-state index < -0.39 is 10.0 Å². The standard InChI is InChI=1S/C22H26N2O4S/c1-27-17-12-20-22(21(13-17)28-15-23-29(2,25)26)18-10-6-7-11-19(18)24(20)14-16-8-4-3-5-9-16/h3-5,8-9,12-13,23H,6-7,10-11,14-15H2,1-2H3. The summed E-state index contributed by atoms with van der Waals surface area (Å²) in [5.74, 6) is 1.34. The van der Waals surface area contributed by atoms with E-state index in [2.05, 4.69) is 33.6 Å². The number of aromatic nitrogens is 1. The second kappa shape index (κ2) is 8.08. The van der Waals surface area contributed by atoms with E-state index in [-0.39, 0.29) is 6.73 Å². The second-order valence-electron chi connectivity index (χ2n) is 7.43. The molecule has 1 aromatic heterocycles. The van der Waals surface area contributed by atoms with Gasteiger partial charge in [0, 0.05) is 29.8 Å². The van der Waals surface area contributed by atoms with Gasteiger partial charge in [0.05, 0.1) is 18.9 Å². The third-order valence-electron chi connectivity index (χ3n) is 5.38. The van der Waals surface area contributed by atoms with Gasteiger partial charge in [-0.05, 0) is 36.8 Å². The van der Waals surface area contributed by atoms with Gasteiger partial charge in [0.15, 0.2) is 6.73 Å². The molecule has 1 aliphatic carbocycles. The first-order valence-corrected chi connectivity index (χ1v) is 11.7. The number of hydrogen-bond acceptors (Lipinski definition) is 4. The first kappa shape index (κ1) is 19.8. The molecule has 0 saturated heterocycles. The van der Waals surface area contributed by atoms with Gasteiger partial charge >= 0.3 is 0 Å². The first-order valence-electron chi connectivity index (χ1n) is 9.79. The van der Waals surface area contributed by atoms with Crippen LogP contribution in [0.25, 0.3) is 10.9 Å². The molecule has 7 heteroatoms. The Morgan fingerprint density at radius 2 is 1.86 bits per heavy atom. The van der Waals surface area contributed by atoms with Crippen LogP contribution in [-0.4, -0.2) is 33.1 Å². The molecule has 0 bridgehead atoms. The summed E-state index contributed by atoms with van der Waals surface area (Å²) in [6.07, 6.45) is 5.46. The van der Waals surface area contributed by atoms with E-state index in [1.807, 2.05) is 18.2 Å². The highest BCUT2D eigenvalue weighted by molar-refractivity contribution is 7.88. The molecule has 154 valence electrons. The van der Waals surface area contributed by atoms with Crippen molar-refractivity contribution in [1.82, 2.24) is 9.29 Å². The lowest BCUT2D eigenvalue weighted by Crippen LogP contribution is -2.26. The van der Waals surface area contributed by atoms with Crippen molar-refractivity contribution in [1.29, 1.82) is 0 Å². The van der Waals surface area contributed by atoms with Crippen molar-refractivity contribution < 1.29 is 17.9 Å². The van der Waals surface area contributed by atoms with Crippen LogP contribution in [0, 0.1) is 0 Å². The van der Waals surface area contributed by atoms with Crippen LogP contribution in [0.5, 0.6) is 11.5 Å². The molecule has 0 atom stereocenters. The van der Waals surface area contributed by atoms with Crippen LogP contribution in [0.2, 0.25) is 0 Å². The van der Waals surface area contributed by atoms with Gasteiger partial charge in [-0.1, -0.05) is 30.3 Å². The number of sulfonamides is 1. The Hall–Kier alpha value is -2.51. The number of nitrogens with zero attached hydrogens (tertiary/aromatic N) is 1. The maximum absolute atomic E-state index is 11.4. The number of fused-ring (bicyclic) bond motifs is 3. The Bertz CT molecular complexity index is 1120. The summed E-state index contributed by atoms with van der Waals surface area (Å²) in [7, 11) is -1.70. The van der Waals surface area contributed by atoms with Gasteiger partial charge in [0.2, 0.25) is 10.0 Å². The number of ether oxygens (including phenoxy) is 2. The fourth-order valence-electron chi connectivity index (χ4n) is 4.09. The summed E-state index contributed by atoms with van der Waals surface area (Å²) in [5.41, 5.74) is 4.94. The zero-order valence-corrected chi connectivity index (χ0v) is 17.6. The minimum atomic E-state index is -3.33. The van der Waals surface area contributed by atoms with Crippen LogP contribution in [-0.2, 0) is 29.4 Å². The molecule has 0 spiro atoms. The van der Waals surface area contributed by atoms with E-state index in [0.717, 1.165) is 43.0 Å². The Morgan fingerprint density at radius 1 is 1.10 bits per heavy atom. The lowest BCUT2D eigenvalue weighted by molar-refractivity contribution is 0.312. The highest BCUT2D eigenvalue weighted by Gasteiger charge is 2.24. The smallest absolute Gasteiger partial charge is 0.211 e. The number of rotatable bonds is 7.